The molecule has 0 aromatic heterocycles. The molecule has 2 unspecified atom stereocenters. The molecule has 4 nitrogen and oxygen atoms in total. The highest BCUT2D eigenvalue weighted by molar-refractivity contribution is 5.97. The van der Waals surface area contributed by atoms with Crippen LogP contribution in [0, 0.1) is 12.8 Å². The Labute approximate surface area is 164 Å². The van der Waals surface area contributed by atoms with Crippen LogP contribution in [0.2, 0.25) is 0 Å². The summed E-state index contributed by atoms with van der Waals surface area (Å²) in [5, 5.41) is 3.12. The van der Waals surface area contributed by atoms with Crippen LogP contribution in [0.1, 0.15) is 77.2 Å². The molecule has 1 aromatic rings. The maximum Gasteiger partial charge on any atom is 0.256 e. The molecule has 0 saturated heterocycles. The molecule has 2 fully saturated rings. The summed E-state index contributed by atoms with van der Waals surface area (Å²) < 4.78 is 12.3. The van der Waals surface area contributed by atoms with Crippen LogP contribution in [0.15, 0.2) is 18.2 Å². The van der Waals surface area contributed by atoms with Gasteiger partial charge in [0.25, 0.3) is 5.91 Å². The van der Waals surface area contributed by atoms with Crippen LogP contribution < -0.4 is 10.1 Å². The van der Waals surface area contributed by atoms with E-state index in [1.807, 2.05) is 25.1 Å². The Bertz CT molecular complexity index is 639. The smallest absolute Gasteiger partial charge is 0.256 e. The first-order chi connectivity index (χ1) is 13.0. The zero-order valence-electron chi connectivity index (χ0n) is 17.2. The standard InChI is InChI=1S/C23H35NO3/c1-4-14-26-23(13-7-8-17(2)16-23)22(25)24-19-11-12-21(18(3)15-19)27-20-9-5-6-10-20/h11-12,15,17,20H,4-10,13-14,16H2,1-3H3,(H,24,25). The number of amides is 1. The fourth-order valence-electron chi connectivity index (χ4n) is 4.49. The third-order valence-corrected chi connectivity index (χ3v) is 5.98. The van der Waals surface area contributed by atoms with Gasteiger partial charge in [0.15, 0.2) is 0 Å². The number of carbonyl (C=O) groups excluding carboxylic acids is 1. The van der Waals surface area contributed by atoms with E-state index in [-0.39, 0.29) is 5.91 Å². The van der Waals surface area contributed by atoms with Crippen LogP contribution in [0.4, 0.5) is 5.69 Å². The Morgan fingerprint density at radius 1 is 1.22 bits per heavy atom. The van der Waals surface area contributed by atoms with Gasteiger partial charge >= 0.3 is 0 Å². The maximum atomic E-state index is 13.1. The minimum atomic E-state index is -0.680. The van der Waals surface area contributed by atoms with Gasteiger partial charge in [0.1, 0.15) is 11.4 Å². The second-order valence-electron chi connectivity index (χ2n) is 8.50. The Morgan fingerprint density at radius 3 is 2.67 bits per heavy atom. The summed E-state index contributed by atoms with van der Waals surface area (Å²) in [6.07, 6.45) is 9.93. The molecule has 27 heavy (non-hydrogen) atoms. The van der Waals surface area contributed by atoms with Crippen molar-refractivity contribution in [3.8, 4) is 5.75 Å². The highest BCUT2D eigenvalue weighted by Gasteiger charge is 2.42. The van der Waals surface area contributed by atoms with E-state index in [0.717, 1.165) is 55.5 Å². The summed E-state index contributed by atoms with van der Waals surface area (Å²) in [6, 6.07) is 5.96. The highest BCUT2D eigenvalue weighted by atomic mass is 16.5. The van der Waals surface area contributed by atoms with Crippen molar-refractivity contribution < 1.29 is 14.3 Å². The SMILES string of the molecule is CCCOC1(C(=O)Nc2ccc(OC3CCCC3)c(C)c2)CCCC(C)C1. The first-order valence-electron chi connectivity index (χ1n) is 10.7. The lowest BCUT2D eigenvalue weighted by Crippen LogP contribution is -2.48. The second-order valence-corrected chi connectivity index (χ2v) is 8.50. The largest absolute Gasteiger partial charge is 0.490 e. The maximum absolute atomic E-state index is 13.1. The molecule has 4 heteroatoms. The van der Waals surface area contributed by atoms with E-state index in [0.29, 0.717) is 18.6 Å². The molecule has 2 aliphatic carbocycles. The lowest BCUT2D eigenvalue weighted by molar-refractivity contribution is -0.148. The van der Waals surface area contributed by atoms with E-state index in [9.17, 15) is 4.79 Å². The predicted molar refractivity (Wildman–Crippen MR) is 109 cm³/mol. The van der Waals surface area contributed by atoms with Crippen molar-refractivity contribution >= 4 is 11.6 Å². The average Bonchev–Trinajstić information content (AvgIpc) is 3.15. The fourth-order valence-corrected chi connectivity index (χ4v) is 4.49. The van der Waals surface area contributed by atoms with Gasteiger partial charge < -0.3 is 14.8 Å². The molecule has 0 heterocycles. The molecule has 3 rings (SSSR count). The number of benzene rings is 1. The average molecular weight is 374 g/mol. The third kappa shape index (κ3) is 5.04. The molecule has 0 bridgehead atoms. The van der Waals surface area contributed by atoms with Gasteiger partial charge in [-0.15, -0.1) is 0 Å². The van der Waals surface area contributed by atoms with Gasteiger partial charge in [-0.2, -0.15) is 0 Å². The van der Waals surface area contributed by atoms with Gasteiger partial charge in [-0.25, -0.2) is 0 Å². The minimum Gasteiger partial charge on any atom is -0.490 e. The summed E-state index contributed by atoms with van der Waals surface area (Å²) in [6.45, 7) is 6.99. The van der Waals surface area contributed by atoms with Crippen molar-refractivity contribution in [3.63, 3.8) is 0 Å². The van der Waals surface area contributed by atoms with Gasteiger partial charge in [-0.3, -0.25) is 4.79 Å². The second kappa shape index (κ2) is 9.09. The van der Waals surface area contributed by atoms with E-state index in [1.165, 1.54) is 19.3 Å². The normalized spacial score (nSPS) is 26.1. The van der Waals surface area contributed by atoms with Crippen molar-refractivity contribution in [2.45, 2.75) is 90.3 Å². The number of hydrogen-bond acceptors (Lipinski definition) is 3. The quantitative estimate of drug-likeness (QED) is 0.674. The summed E-state index contributed by atoms with van der Waals surface area (Å²) >= 11 is 0. The van der Waals surface area contributed by atoms with E-state index < -0.39 is 5.60 Å². The molecule has 2 atom stereocenters. The number of carbonyl (C=O) groups is 1. The summed E-state index contributed by atoms with van der Waals surface area (Å²) in [4.78, 5) is 13.1. The van der Waals surface area contributed by atoms with Gasteiger partial charge in [0.2, 0.25) is 0 Å². The Balaban J connectivity index is 1.68. The number of rotatable bonds is 7. The third-order valence-electron chi connectivity index (χ3n) is 5.98. The number of aryl methyl sites for hydroxylation is 1. The minimum absolute atomic E-state index is 0.00589. The summed E-state index contributed by atoms with van der Waals surface area (Å²) in [7, 11) is 0. The Hall–Kier alpha value is -1.55. The molecule has 2 aliphatic rings. The van der Waals surface area contributed by atoms with Crippen molar-refractivity contribution in [3.05, 3.63) is 23.8 Å². The molecule has 1 N–H and O–H groups in total. The molecular weight excluding hydrogens is 338 g/mol. The van der Waals surface area contributed by atoms with E-state index in [1.54, 1.807) is 0 Å². The van der Waals surface area contributed by atoms with Crippen molar-refractivity contribution in [2.24, 2.45) is 5.92 Å². The molecule has 150 valence electrons. The van der Waals surface area contributed by atoms with Crippen molar-refractivity contribution in [1.29, 1.82) is 0 Å². The van der Waals surface area contributed by atoms with Crippen LogP contribution in [0.25, 0.3) is 0 Å². The summed E-state index contributed by atoms with van der Waals surface area (Å²) in [5.41, 5.74) is 1.22. The highest BCUT2D eigenvalue weighted by Crippen LogP contribution is 2.37. The van der Waals surface area contributed by atoms with Crippen molar-refractivity contribution in [1.82, 2.24) is 0 Å². The van der Waals surface area contributed by atoms with Gasteiger partial charge in [0.05, 0.1) is 6.10 Å². The van der Waals surface area contributed by atoms with E-state index in [2.05, 4.69) is 19.2 Å². The van der Waals surface area contributed by atoms with Crippen LogP contribution >= 0.6 is 0 Å². The lowest BCUT2D eigenvalue weighted by atomic mass is 9.78. The van der Waals surface area contributed by atoms with E-state index in [4.69, 9.17) is 9.47 Å². The first kappa shape index (κ1) is 20.2. The molecule has 0 radical (unpaired) electrons. The molecule has 2 saturated carbocycles. The summed E-state index contributed by atoms with van der Waals surface area (Å²) in [5.74, 6) is 1.46. The molecule has 1 amide bonds. The molecule has 0 spiro atoms. The van der Waals surface area contributed by atoms with Crippen molar-refractivity contribution in [2.75, 3.05) is 11.9 Å². The van der Waals surface area contributed by atoms with Gasteiger partial charge in [-0.1, -0.05) is 20.3 Å². The van der Waals surface area contributed by atoms with Crippen LogP contribution in [-0.2, 0) is 9.53 Å². The monoisotopic (exact) mass is 373 g/mol. The zero-order chi connectivity index (χ0) is 19.3. The van der Waals surface area contributed by atoms with Crippen LogP contribution in [0.5, 0.6) is 5.75 Å². The van der Waals surface area contributed by atoms with E-state index >= 15 is 0 Å². The Morgan fingerprint density at radius 2 is 2.00 bits per heavy atom. The number of ether oxygens (including phenoxy) is 2. The fraction of sp³-hybridized carbons (Fsp3) is 0.696. The zero-order valence-corrected chi connectivity index (χ0v) is 17.2. The molecule has 1 aromatic carbocycles. The number of hydrogen-bond donors (Lipinski definition) is 1. The molecular formula is C23H35NO3. The number of nitrogens with one attached hydrogen (secondary N) is 1. The van der Waals surface area contributed by atoms with Crippen LogP contribution in [0.3, 0.4) is 0 Å². The number of anilines is 1. The van der Waals surface area contributed by atoms with Gasteiger partial charge in [0, 0.05) is 12.3 Å². The lowest BCUT2D eigenvalue weighted by Gasteiger charge is -2.38. The predicted octanol–water partition coefficient (Wildman–Crippen LogP) is 5.63. The van der Waals surface area contributed by atoms with Crippen LogP contribution in [-0.4, -0.2) is 24.2 Å². The Kier molecular flexibility index (Phi) is 6.80. The van der Waals surface area contributed by atoms with Gasteiger partial charge in [-0.05, 0) is 88.0 Å². The first-order valence-corrected chi connectivity index (χ1v) is 10.7. The molecule has 0 aliphatic heterocycles. The topological polar surface area (TPSA) is 47.6 Å².